The van der Waals surface area contributed by atoms with Crippen LogP contribution in [0.1, 0.15) is 12.5 Å². The summed E-state index contributed by atoms with van der Waals surface area (Å²) in [6, 6.07) is 10.3. The maximum atomic E-state index is 11.1. The maximum absolute atomic E-state index is 11.1. The lowest BCUT2D eigenvalue weighted by Crippen LogP contribution is -2.54. The van der Waals surface area contributed by atoms with E-state index in [1.807, 2.05) is 18.2 Å². The van der Waals surface area contributed by atoms with Gasteiger partial charge < -0.3 is 10.1 Å². The zero-order valence-corrected chi connectivity index (χ0v) is 10.1. The van der Waals surface area contributed by atoms with E-state index in [1.165, 1.54) is 12.5 Å². The first-order valence-electron chi connectivity index (χ1n) is 5.88. The molecule has 1 unspecified atom stereocenters. The van der Waals surface area contributed by atoms with Crippen LogP contribution in [-0.2, 0) is 16.1 Å². The second-order valence-electron chi connectivity index (χ2n) is 4.25. The van der Waals surface area contributed by atoms with Crippen LogP contribution in [-0.4, -0.2) is 36.7 Å². The summed E-state index contributed by atoms with van der Waals surface area (Å²) in [5, 5.41) is 2.91. The number of carbonyl (C=O) groups is 1. The lowest BCUT2D eigenvalue weighted by Gasteiger charge is -2.35. The maximum Gasteiger partial charge on any atom is 0.218 e. The van der Waals surface area contributed by atoms with Crippen LogP contribution in [0.25, 0.3) is 0 Å². The summed E-state index contributed by atoms with van der Waals surface area (Å²) in [6.07, 6.45) is -0.0125. The van der Waals surface area contributed by atoms with Crippen LogP contribution in [0.5, 0.6) is 0 Å². The van der Waals surface area contributed by atoms with Gasteiger partial charge in [-0.1, -0.05) is 30.3 Å². The lowest BCUT2D eigenvalue weighted by atomic mass is 10.2. The van der Waals surface area contributed by atoms with E-state index in [2.05, 4.69) is 22.3 Å². The number of hydrogen-bond acceptors (Lipinski definition) is 3. The smallest absolute Gasteiger partial charge is 0.218 e. The van der Waals surface area contributed by atoms with Crippen molar-refractivity contribution in [3.8, 4) is 0 Å². The number of amides is 1. The molecule has 1 N–H and O–H groups in total. The predicted octanol–water partition coefficient (Wildman–Crippen LogP) is 0.981. The van der Waals surface area contributed by atoms with Crippen molar-refractivity contribution >= 4 is 5.91 Å². The van der Waals surface area contributed by atoms with Crippen molar-refractivity contribution in [1.29, 1.82) is 0 Å². The van der Waals surface area contributed by atoms with Gasteiger partial charge >= 0.3 is 0 Å². The summed E-state index contributed by atoms with van der Waals surface area (Å²) >= 11 is 0. The topological polar surface area (TPSA) is 41.6 Å². The molecule has 0 saturated carbocycles. The predicted molar refractivity (Wildman–Crippen MR) is 65.3 cm³/mol. The fourth-order valence-electron chi connectivity index (χ4n) is 2.01. The van der Waals surface area contributed by atoms with E-state index in [-0.39, 0.29) is 12.1 Å². The third-order valence-electron chi connectivity index (χ3n) is 2.84. The van der Waals surface area contributed by atoms with Crippen molar-refractivity contribution in [2.75, 3.05) is 19.8 Å². The van der Waals surface area contributed by atoms with E-state index < -0.39 is 0 Å². The molecule has 1 saturated heterocycles. The number of rotatable bonds is 3. The van der Waals surface area contributed by atoms with Crippen LogP contribution < -0.4 is 5.32 Å². The molecule has 1 aliphatic heterocycles. The highest BCUT2D eigenvalue weighted by Gasteiger charge is 2.23. The van der Waals surface area contributed by atoms with Gasteiger partial charge in [0.2, 0.25) is 5.91 Å². The number of benzene rings is 1. The zero-order chi connectivity index (χ0) is 12.1. The Kier molecular flexibility index (Phi) is 4.12. The summed E-state index contributed by atoms with van der Waals surface area (Å²) in [7, 11) is 0. The summed E-state index contributed by atoms with van der Waals surface area (Å²) in [4.78, 5) is 13.4. The Morgan fingerprint density at radius 2 is 2.24 bits per heavy atom. The van der Waals surface area contributed by atoms with E-state index >= 15 is 0 Å². The number of carbonyl (C=O) groups excluding carboxylic acids is 1. The first-order valence-corrected chi connectivity index (χ1v) is 5.88. The quantitative estimate of drug-likeness (QED) is 0.847. The average molecular weight is 234 g/mol. The van der Waals surface area contributed by atoms with Gasteiger partial charge in [0.25, 0.3) is 0 Å². The van der Waals surface area contributed by atoms with Crippen molar-refractivity contribution in [3.63, 3.8) is 0 Å². The highest BCUT2D eigenvalue weighted by atomic mass is 16.5. The molecule has 1 aliphatic rings. The van der Waals surface area contributed by atoms with E-state index in [4.69, 9.17) is 4.74 Å². The van der Waals surface area contributed by atoms with Crippen LogP contribution in [0.15, 0.2) is 30.3 Å². The zero-order valence-electron chi connectivity index (χ0n) is 10.1. The Balaban J connectivity index is 1.99. The van der Waals surface area contributed by atoms with Crippen LogP contribution >= 0.6 is 0 Å². The van der Waals surface area contributed by atoms with Gasteiger partial charge in [-0.15, -0.1) is 0 Å². The fraction of sp³-hybridized carbons (Fsp3) is 0.462. The molecule has 92 valence electrons. The molecular weight excluding hydrogens is 216 g/mol. The van der Waals surface area contributed by atoms with E-state index in [0.29, 0.717) is 6.61 Å². The number of nitrogens with zero attached hydrogens (tertiary/aromatic N) is 1. The molecule has 4 nitrogen and oxygen atoms in total. The van der Waals surface area contributed by atoms with Gasteiger partial charge in [-0.2, -0.15) is 0 Å². The molecule has 1 amide bonds. The van der Waals surface area contributed by atoms with Crippen molar-refractivity contribution in [3.05, 3.63) is 35.9 Å². The van der Waals surface area contributed by atoms with Gasteiger partial charge in [0.15, 0.2) is 0 Å². The molecule has 0 aromatic heterocycles. The van der Waals surface area contributed by atoms with Crippen LogP contribution in [0.3, 0.4) is 0 Å². The number of nitrogens with one attached hydrogen (secondary N) is 1. The van der Waals surface area contributed by atoms with Crippen molar-refractivity contribution in [2.45, 2.75) is 19.6 Å². The standard InChI is InChI=1S/C13H18N2O2/c1-11(16)14-13-10-17-8-7-15(13)9-12-5-3-2-4-6-12/h2-6,13H,7-10H2,1H3,(H,14,16). The molecule has 1 aromatic rings. The van der Waals surface area contributed by atoms with Crippen molar-refractivity contribution < 1.29 is 9.53 Å². The molecule has 0 spiro atoms. The highest BCUT2D eigenvalue weighted by Crippen LogP contribution is 2.10. The van der Waals surface area contributed by atoms with Crippen LogP contribution in [0, 0.1) is 0 Å². The van der Waals surface area contributed by atoms with Gasteiger partial charge in [-0.05, 0) is 5.56 Å². The molecule has 4 heteroatoms. The Bertz CT molecular complexity index is 367. The SMILES string of the molecule is CC(=O)NC1COCCN1Cc1ccccc1. The minimum absolute atomic E-state index is 0.0125. The molecule has 1 fully saturated rings. The normalized spacial score (nSPS) is 21.1. The largest absolute Gasteiger partial charge is 0.377 e. The monoisotopic (exact) mass is 234 g/mol. The van der Waals surface area contributed by atoms with Gasteiger partial charge in [0, 0.05) is 20.0 Å². The summed E-state index contributed by atoms with van der Waals surface area (Å²) in [5.74, 6) is -0.0152. The molecule has 1 heterocycles. The van der Waals surface area contributed by atoms with Crippen LogP contribution in [0.2, 0.25) is 0 Å². The third-order valence-corrected chi connectivity index (χ3v) is 2.84. The van der Waals surface area contributed by atoms with Gasteiger partial charge in [-0.3, -0.25) is 9.69 Å². The van der Waals surface area contributed by atoms with Crippen LogP contribution in [0.4, 0.5) is 0 Å². The van der Waals surface area contributed by atoms with E-state index in [0.717, 1.165) is 19.7 Å². The molecule has 1 aromatic carbocycles. The van der Waals surface area contributed by atoms with E-state index in [1.54, 1.807) is 0 Å². The summed E-state index contributed by atoms with van der Waals surface area (Å²) in [6.45, 7) is 4.51. The molecule has 0 radical (unpaired) electrons. The first-order chi connectivity index (χ1) is 8.25. The second kappa shape index (κ2) is 5.80. The summed E-state index contributed by atoms with van der Waals surface area (Å²) < 4.78 is 5.39. The van der Waals surface area contributed by atoms with Crippen molar-refractivity contribution in [1.82, 2.24) is 10.2 Å². The number of ether oxygens (including phenoxy) is 1. The second-order valence-corrected chi connectivity index (χ2v) is 4.25. The molecular formula is C13H18N2O2. The molecule has 0 aliphatic carbocycles. The fourth-order valence-corrected chi connectivity index (χ4v) is 2.01. The minimum Gasteiger partial charge on any atom is -0.377 e. The molecule has 0 bridgehead atoms. The molecule has 17 heavy (non-hydrogen) atoms. The first kappa shape index (κ1) is 12.1. The Labute approximate surface area is 102 Å². The average Bonchev–Trinajstić information content (AvgIpc) is 2.32. The van der Waals surface area contributed by atoms with Gasteiger partial charge in [0.05, 0.1) is 13.2 Å². The Hall–Kier alpha value is -1.39. The number of hydrogen-bond donors (Lipinski definition) is 1. The van der Waals surface area contributed by atoms with Gasteiger partial charge in [-0.25, -0.2) is 0 Å². The molecule has 2 rings (SSSR count). The van der Waals surface area contributed by atoms with E-state index in [9.17, 15) is 4.79 Å². The van der Waals surface area contributed by atoms with Crippen molar-refractivity contribution in [2.24, 2.45) is 0 Å². The summed E-state index contributed by atoms with van der Waals surface area (Å²) in [5.41, 5.74) is 1.25. The highest BCUT2D eigenvalue weighted by molar-refractivity contribution is 5.73. The van der Waals surface area contributed by atoms with Gasteiger partial charge in [0.1, 0.15) is 6.17 Å². The Morgan fingerprint density at radius 3 is 2.94 bits per heavy atom. The minimum atomic E-state index is -0.0152. The third kappa shape index (κ3) is 3.54. The lowest BCUT2D eigenvalue weighted by molar-refractivity contribution is -0.123. The molecule has 1 atom stereocenters. The number of morpholine rings is 1. The Morgan fingerprint density at radius 1 is 1.47 bits per heavy atom.